The van der Waals surface area contributed by atoms with E-state index in [1.54, 1.807) is 0 Å². The summed E-state index contributed by atoms with van der Waals surface area (Å²) in [6, 6.07) is 0. The number of rotatable bonds is 7. The summed E-state index contributed by atoms with van der Waals surface area (Å²) in [5.74, 6) is 0.420. The molecular weight excluding hydrogens is 156 g/mol. The van der Waals surface area contributed by atoms with Crippen LogP contribution < -0.4 is 5.73 Å². The summed E-state index contributed by atoms with van der Waals surface area (Å²) in [7, 11) is 0. The Morgan fingerprint density at radius 3 is 2.08 bits per heavy atom. The van der Waals surface area contributed by atoms with E-state index in [-0.39, 0.29) is 13.2 Å². The van der Waals surface area contributed by atoms with Gasteiger partial charge in [0.15, 0.2) is 0 Å². The van der Waals surface area contributed by atoms with Gasteiger partial charge in [0.05, 0.1) is 13.2 Å². The second kappa shape index (κ2) is 7.49. The molecule has 0 aliphatic carbocycles. The van der Waals surface area contributed by atoms with Crippen molar-refractivity contribution in [1.29, 1.82) is 0 Å². The van der Waals surface area contributed by atoms with Gasteiger partial charge in [0.1, 0.15) is 0 Å². The van der Waals surface area contributed by atoms with Crippen LogP contribution in [0, 0.1) is 5.92 Å². The molecule has 0 spiro atoms. The first-order chi connectivity index (χ1) is 5.74. The zero-order valence-corrected chi connectivity index (χ0v) is 7.74. The monoisotopic (exact) mass is 176 g/mol. The minimum Gasteiger partial charge on any atom is -0.395 e. The lowest BCUT2D eigenvalue weighted by atomic mass is 10.1. The second-order valence-electron chi connectivity index (χ2n) is 3.09. The summed E-state index contributed by atoms with van der Waals surface area (Å²) in [6.07, 6.45) is 0. The Kier molecular flexibility index (Phi) is 7.39. The van der Waals surface area contributed by atoms with Crippen LogP contribution in [0.15, 0.2) is 0 Å². The van der Waals surface area contributed by atoms with E-state index in [1.807, 2.05) is 4.90 Å². The first kappa shape index (κ1) is 11.8. The number of aliphatic hydroxyl groups excluding tert-OH is 2. The third-order valence-electron chi connectivity index (χ3n) is 1.80. The molecule has 1 atom stereocenters. The molecule has 0 aromatic rings. The molecule has 0 aromatic carbocycles. The zero-order valence-electron chi connectivity index (χ0n) is 7.74. The summed E-state index contributed by atoms with van der Waals surface area (Å²) in [6.45, 7) is 5.05. The van der Waals surface area contributed by atoms with Crippen LogP contribution in [0.2, 0.25) is 0 Å². The van der Waals surface area contributed by atoms with Gasteiger partial charge < -0.3 is 15.9 Å². The number of nitrogens with two attached hydrogens (primary N) is 1. The molecule has 0 saturated heterocycles. The van der Waals surface area contributed by atoms with E-state index in [4.69, 9.17) is 15.9 Å². The van der Waals surface area contributed by atoms with Gasteiger partial charge in [-0.1, -0.05) is 6.92 Å². The smallest absolute Gasteiger partial charge is 0.0558 e. The predicted octanol–water partition coefficient (Wildman–Crippen LogP) is -1.13. The third kappa shape index (κ3) is 5.49. The molecule has 0 amide bonds. The van der Waals surface area contributed by atoms with Crippen molar-refractivity contribution >= 4 is 0 Å². The van der Waals surface area contributed by atoms with Gasteiger partial charge in [-0.25, -0.2) is 0 Å². The van der Waals surface area contributed by atoms with Gasteiger partial charge in [-0.15, -0.1) is 0 Å². The Labute approximate surface area is 74.0 Å². The maximum Gasteiger partial charge on any atom is 0.0558 e. The van der Waals surface area contributed by atoms with Crippen LogP contribution in [0.5, 0.6) is 0 Å². The molecule has 4 nitrogen and oxygen atoms in total. The molecule has 12 heavy (non-hydrogen) atoms. The average molecular weight is 176 g/mol. The highest BCUT2D eigenvalue weighted by Gasteiger charge is 2.07. The molecular formula is C8H20N2O2. The average Bonchev–Trinajstić information content (AvgIpc) is 2.05. The molecule has 0 heterocycles. The van der Waals surface area contributed by atoms with E-state index in [9.17, 15) is 0 Å². The SMILES string of the molecule is CC(CN)CN(CCO)CCO. The van der Waals surface area contributed by atoms with Gasteiger partial charge >= 0.3 is 0 Å². The van der Waals surface area contributed by atoms with E-state index >= 15 is 0 Å². The minimum absolute atomic E-state index is 0.136. The maximum atomic E-state index is 8.69. The first-order valence-electron chi connectivity index (χ1n) is 4.38. The Hall–Kier alpha value is -0.160. The van der Waals surface area contributed by atoms with Crippen LogP contribution in [0.25, 0.3) is 0 Å². The molecule has 0 fully saturated rings. The lowest BCUT2D eigenvalue weighted by Gasteiger charge is -2.23. The third-order valence-corrected chi connectivity index (χ3v) is 1.80. The lowest BCUT2D eigenvalue weighted by Crippen LogP contribution is -2.35. The molecule has 0 saturated carbocycles. The molecule has 0 rings (SSSR count). The second-order valence-corrected chi connectivity index (χ2v) is 3.09. The summed E-state index contributed by atoms with van der Waals surface area (Å²) in [4.78, 5) is 2.01. The number of aliphatic hydroxyl groups is 2. The Morgan fingerprint density at radius 2 is 1.75 bits per heavy atom. The molecule has 0 aliphatic heterocycles. The molecule has 0 bridgehead atoms. The molecule has 74 valence electrons. The fraction of sp³-hybridized carbons (Fsp3) is 1.00. The van der Waals surface area contributed by atoms with Gasteiger partial charge in [0.25, 0.3) is 0 Å². The van der Waals surface area contributed by atoms with Gasteiger partial charge in [-0.05, 0) is 12.5 Å². The van der Waals surface area contributed by atoms with Crippen LogP contribution in [-0.2, 0) is 0 Å². The molecule has 4 N–H and O–H groups in total. The summed E-state index contributed by atoms with van der Waals surface area (Å²) in [5.41, 5.74) is 5.46. The number of hydrogen-bond donors (Lipinski definition) is 3. The maximum absolute atomic E-state index is 8.69. The molecule has 0 radical (unpaired) electrons. The van der Waals surface area contributed by atoms with Gasteiger partial charge in [0.2, 0.25) is 0 Å². The zero-order chi connectivity index (χ0) is 9.40. The van der Waals surface area contributed by atoms with Crippen molar-refractivity contribution < 1.29 is 10.2 Å². The summed E-state index contributed by atoms with van der Waals surface area (Å²) in [5, 5.41) is 17.4. The van der Waals surface area contributed by atoms with E-state index in [0.29, 0.717) is 25.6 Å². The summed E-state index contributed by atoms with van der Waals surface area (Å²) >= 11 is 0. The normalized spacial score (nSPS) is 13.8. The quantitative estimate of drug-likeness (QED) is 0.459. The molecule has 0 aromatic heterocycles. The Balaban J connectivity index is 3.61. The van der Waals surface area contributed by atoms with Gasteiger partial charge in [0, 0.05) is 19.6 Å². The van der Waals surface area contributed by atoms with E-state index < -0.39 is 0 Å². The van der Waals surface area contributed by atoms with Crippen LogP contribution in [0.1, 0.15) is 6.92 Å². The molecule has 1 unspecified atom stereocenters. The van der Waals surface area contributed by atoms with Crippen LogP contribution >= 0.6 is 0 Å². The van der Waals surface area contributed by atoms with Crippen LogP contribution in [-0.4, -0.2) is 54.5 Å². The largest absolute Gasteiger partial charge is 0.395 e. The van der Waals surface area contributed by atoms with Crippen LogP contribution in [0.3, 0.4) is 0 Å². The standard InChI is InChI=1S/C8H20N2O2/c1-8(6-9)7-10(2-4-11)3-5-12/h8,11-12H,2-7,9H2,1H3. The first-order valence-corrected chi connectivity index (χ1v) is 4.38. The highest BCUT2D eigenvalue weighted by atomic mass is 16.3. The fourth-order valence-corrected chi connectivity index (χ4v) is 1.09. The van der Waals surface area contributed by atoms with E-state index in [1.165, 1.54) is 0 Å². The predicted molar refractivity (Wildman–Crippen MR) is 48.8 cm³/mol. The van der Waals surface area contributed by atoms with Crippen molar-refractivity contribution in [2.45, 2.75) is 6.92 Å². The Morgan fingerprint density at radius 1 is 1.25 bits per heavy atom. The van der Waals surface area contributed by atoms with E-state index in [2.05, 4.69) is 6.92 Å². The van der Waals surface area contributed by atoms with E-state index in [0.717, 1.165) is 6.54 Å². The van der Waals surface area contributed by atoms with Crippen molar-refractivity contribution in [2.75, 3.05) is 39.4 Å². The fourth-order valence-electron chi connectivity index (χ4n) is 1.09. The van der Waals surface area contributed by atoms with Crippen LogP contribution in [0.4, 0.5) is 0 Å². The van der Waals surface area contributed by atoms with Crippen molar-refractivity contribution in [3.63, 3.8) is 0 Å². The highest BCUT2D eigenvalue weighted by Crippen LogP contribution is 1.96. The molecule has 4 heteroatoms. The van der Waals surface area contributed by atoms with Crippen molar-refractivity contribution in [2.24, 2.45) is 11.7 Å². The topological polar surface area (TPSA) is 69.7 Å². The minimum atomic E-state index is 0.136. The number of nitrogens with zero attached hydrogens (tertiary/aromatic N) is 1. The van der Waals surface area contributed by atoms with Gasteiger partial charge in [-0.2, -0.15) is 0 Å². The van der Waals surface area contributed by atoms with Crippen molar-refractivity contribution in [3.05, 3.63) is 0 Å². The van der Waals surface area contributed by atoms with Gasteiger partial charge in [-0.3, -0.25) is 4.90 Å². The van der Waals surface area contributed by atoms with Crippen molar-refractivity contribution in [3.8, 4) is 0 Å². The number of hydrogen-bond acceptors (Lipinski definition) is 4. The Bertz CT molecular complexity index is 95.1. The molecule has 0 aliphatic rings. The van der Waals surface area contributed by atoms with Crippen molar-refractivity contribution in [1.82, 2.24) is 4.90 Å². The highest BCUT2D eigenvalue weighted by molar-refractivity contribution is 4.62. The summed E-state index contributed by atoms with van der Waals surface area (Å²) < 4.78 is 0. The lowest BCUT2D eigenvalue weighted by molar-refractivity contribution is 0.148.